The second-order valence-electron chi connectivity index (χ2n) is 6.37. The number of aliphatic hydroxyl groups is 1. The molecule has 0 saturated carbocycles. The molecule has 0 aliphatic carbocycles. The van der Waals surface area contributed by atoms with Crippen molar-refractivity contribution in [1.29, 1.82) is 0 Å². The minimum absolute atomic E-state index is 0.0644. The highest BCUT2D eigenvalue weighted by Gasteiger charge is 2.30. The van der Waals surface area contributed by atoms with Crippen molar-refractivity contribution in [1.82, 2.24) is 25.2 Å². The quantitative estimate of drug-likeness (QED) is 0.551. The van der Waals surface area contributed by atoms with Crippen LogP contribution in [0.2, 0.25) is 0 Å². The van der Waals surface area contributed by atoms with Gasteiger partial charge >= 0.3 is 0 Å². The molecule has 12 heteroatoms. The van der Waals surface area contributed by atoms with Gasteiger partial charge in [0.15, 0.2) is 0 Å². The van der Waals surface area contributed by atoms with E-state index in [9.17, 15) is 17.9 Å². The SMILES string of the molecule is CC(O)(CS(N)(=O)=O)c1cccc(-c2nnn(Cc3ccc(Br)cc3F)n2)n1. The van der Waals surface area contributed by atoms with Crippen molar-refractivity contribution in [3.8, 4) is 11.5 Å². The van der Waals surface area contributed by atoms with Gasteiger partial charge < -0.3 is 5.11 Å². The molecule has 3 N–H and O–H groups in total. The molecule has 9 nitrogen and oxygen atoms in total. The predicted octanol–water partition coefficient (Wildman–Crippen LogP) is 1.18. The van der Waals surface area contributed by atoms with Crippen molar-refractivity contribution in [2.45, 2.75) is 19.1 Å². The van der Waals surface area contributed by atoms with Crippen molar-refractivity contribution >= 4 is 26.0 Å². The Bertz CT molecular complexity index is 1120. The lowest BCUT2D eigenvalue weighted by Gasteiger charge is -2.21. The Morgan fingerprint density at radius 2 is 2.07 bits per heavy atom. The summed E-state index contributed by atoms with van der Waals surface area (Å²) in [5.41, 5.74) is -1.05. The fourth-order valence-electron chi connectivity index (χ4n) is 2.54. The van der Waals surface area contributed by atoms with Gasteiger partial charge in [-0.15, -0.1) is 10.2 Å². The number of primary sulfonamides is 1. The largest absolute Gasteiger partial charge is 0.383 e. The van der Waals surface area contributed by atoms with E-state index in [2.05, 4.69) is 36.3 Å². The molecule has 0 bridgehead atoms. The third-order valence-electron chi connectivity index (χ3n) is 3.79. The summed E-state index contributed by atoms with van der Waals surface area (Å²) >= 11 is 3.19. The van der Waals surface area contributed by atoms with Gasteiger partial charge in [-0.05, 0) is 36.4 Å². The van der Waals surface area contributed by atoms with Crippen LogP contribution in [0.25, 0.3) is 11.5 Å². The van der Waals surface area contributed by atoms with Gasteiger partial charge in [0.05, 0.1) is 18.0 Å². The molecule has 1 aromatic carbocycles. The van der Waals surface area contributed by atoms with E-state index in [1.165, 1.54) is 23.9 Å². The molecular weight excluding hydrogens is 455 g/mol. The summed E-state index contributed by atoms with van der Waals surface area (Å²) in [5.74, 6) is -0.961. The first-order chi connectivity index (χ1) is 13.0. The van der Waals surface area contributed by atoms with Crippen LogP contribution in [0.15, 0.2) is 40.9 Å². The average Bonchev–Trinajstić information content (AvgIpc) is 3.04. The molecule has 0 spiro atoms. The highest BCUT2D eigenvalue weighted by Crippen LogP contribution is 2.22. The number of pyridine rings is 1. The van der Waals surface area contributed by atoms with Gasteiger partial charge in [-0.1, -0.05) is 28.1 Å². The zero-order chi connectivity index (χ0) is 20.5. The van der Waals surface area contributed by atoms with E-state index in [-0.39, 0.29) is 23.8 Å². The van der Waals surface area contributed by atoms with Gasteiger partial charge in [0, 0.05) is 10.0 Å². The van der Waals surface area contributed by atoms with E-state index < -0.39 is 27.2 Å². The van der Waals surface area contributed by atoms with Crippen molar-refractivity contribution in [2.75, 3.05) is 5.75 Å². The molecule has 0 amide bonds. The summed E-state index contributed by atoms with van der Waals surface area (Å²) in [5, 5.41) is 27.4. The third-order valence-corrected chi connectivity index (χ3v) is 5.25. The van der Waals surface area contributed by atoms with Gasteiger partial charge in [0.25, 0.3) is 0 Å². The fraction of sp³-hybridized carbons (Fsp3) is 0.250. The van der Waals surface area contributed by atoms with E-state index in [1.54, 1.807) is 24.3 Å². The number of rotatable bonds is 6. The van der Waals surface area contributed by atoms with Crippen molar-refractivity contribution in [3.63, 3.8) is 0 Å². The van der Waals surface area contributed by atoms with Gasteiger partial charge in [-0.25, -0.2) is 22.9 Å². The first-order valence-corrected chi connectivity index (χ1v) is 10.5. The summed E-state index contributed by atoms with van der Waals surface area (Å²) in [6, 6.07) is 9.27. The molecule has 0 aliphatic rings. The zero-order valence-electron chi connectivity index (χ0n) is 14.6. The minimum Gasteiger partial charge on any atom is -0.383 e. The molecular formula is C16H16BrFN6O3S. The number of hydrogen-bond donors (Lipinski definition) is 2. The summed E-state index contributed by atoms with van der Waals surface area (Å²) in [7, 11) is -3.92. The fourth-order valence-corrected chi connectivity index (χ4v) is 3.80. The lowest BCUT2D eigenvalue weighted by atomic mass is 10.0. The first kappa shape index (κ1) is 20.5. The minimum atomic E-state index is -3.92. The molecule has 1 atom stereocenters. The van der Waals surface area contributed by atoms with E-state index in [4.69, 9.17) is 5.14 Å². The molecule has 3 aromatic rings. The van der Waals surface area contributed by atoms with Crippen molar-refractivity contribution in [3.05, 3.63) is 57.9 Å². The number of sulfonamides is 1. The lowest BCUT2D eigenvalue weighted by molar-refractivity contribution is 0.0773. The molecule has 1 unspecified atom stereocenters. The van der Waals surface area contributed by atoms with Gasteiger partial charge in [-0.2, -0.15) is 4.80 Å². The Labute approximate surface area is 168 Å². The molecule has 0 saturated heterocycles. The highest BCUT2D eigenvalue weighted by molar-refractivity contribution is 9.10. The topological polar surface area (TPSA) is 137 Å². The molecule has 0 fully saturated rings. The van der Waals surface area contributed by atoms with Crippen LogP contribution in [0.4, 0.5) is 4.39 Å². The molecule has 2 aromatic heterocycles. The maximum Gasteiger partial charge on any atom is 0.223 e. The maximum absolute atomic E-state index is 14.0. The first-order valence-electron chi connectivity index (χ1n) is 7.96. The van der Waals surface area contributed by atoms with Gasteiger partial charge in [0.2, 0.25) is 15.8 Å². The number of nitrogens with zero attached hydrogens (tertiary/aromatic N) is 5. The number of tetrazole rings is 1. The summed E-state index contributed by atoms with van der Waals surface area (Å²) in [6.07, 6.45) is 0. The van der Waals surface area contributed by atoms with Crippen molar-refractivity contribution in [2.24, 2.45) is 5.14 Å². The van der Waals surface area contributed by atoms with Crippen LogP contribution < -0.4 is 5.14 Å². The van der Waals surface area contributed by atoms with E-state index in [1.807, 2.05) is 0 Å². The Morgan fingerprint density at radius 3 is 2.75 bits per heavy atom. The molecule has 0 radical (unpaired) electrons. The van der Waals surface area contributed by atoms with Crippen LogP contribution in [0.3, 0.4) is 0 Å². The normalized spacial score (nSPS) is 14.0. The monoisotopic (exact) mass is 470 g/mol. The standard InChI is InChI=1S/C16H16BrFN6O3S/c1-16(25,9-28(19,26)27)14-4-2-3-13(20-14)15-21-23-24(22-15)8-10-5-6-11(17)7-12(10)18/h2-7,25H,8-9H2,1H3,(H2,19,26,27). The van der Waals surface area contributed by atoms with Crippen LogP contribution in [-0.4, -0.2) is 44.5 Å². The predicted molar refractivity (Wildman–Crippen MR) is 102 cm³/mol. The number of benzene rings is 1. The Balaban J connectivity index is 1.85. The van der Waals surface area contributed by atoms with Gasteiger partial charge in [-0.3, -0.25) is 0 Å². The second kappa shape index (κ2) is 7.62. The Kier molecular flexibility index (Phi) is 5.57. The van der Waals surface area contributed by atoms with Crippen LogP contribution in [0.5, 0.6) is 0 Å². The van der Waals surface area contributed by atoms with Crippen LogP contribution in [0.1, 0.15) is 18.2 Å². The van der Waals surface area contributed by atoms with E-state index in [0.29, 0.717) is 10.0 Å². The third kappa shape index (κ3) is 4.95. The number of nitrogens with two attached hydrogens (primary N) is 1. The number of hydrogen-bond acceptors (Lipinski definition) is 7. The molecule has 3 rings (SSSR count). The molecule has 148 valence electrons. The zero-order valence-corrected chi connectivity index (χ0v) is 17.0. The average molecular weight is 471 g/mol. The Morgan fingerprint density at radius 1 is 1.32 bits per heavy atom. The molecule has 0 aliphatic heterocycles. The maximum atomic E-state index is 14.0. The lowest BCUT2D eigenvalue weighted by Crippen LogP contribution is -2.35. The smallest absolute Gasteiger partial charge is 0.223 e. The van der Waals surface area contributed by atoms with Crippen molar-refractivity contribution < 1.29 is 17.9 Å². The van der Waals surface area contributed by atoms with Crippen LogP contribution >= 0.6 is 15.9 Å². The highest BCUT2D eigenvalue weighted by atomic mass is 79.9. The Hall–Kier alpha value is -2.28. The number of aromatic nitrogens is 5. The summed E-state index contributed by atoms with van der Waals surface area (Å²) in [6.45, 7) is 1.36. The molecule has 2 heterocycles. The van der Waals surface area contributed by atoms with Crippen LogP contribution in [-0.2, 0) is 22.2 Å². The summed E-state index contributed by atoms with van der Waals surface area (Å²) < 4.78 is 37.2. The van der Waals surface area contributed by atoms with E-state index in [0.717, 1.165) is 0 Å². The molecule has 28 heavy (non-hydrogen) atoms. The number of halogens is 2. The van der Waals surface area contributed by atoms with E-state index >= 15 is 0 Å². The van der Waals surface area contributed by atoms with Crippen LogP contribution in [0, 0.1) is 5.82 Å². The second-order valence-corrected chi connectivity index (χ2v) is 8.90. The van der Waals surface area contributed by atoms with Gasteiger partial charge in [0.1, 0.15) is 17.1 Å². The summed E-state index contributed by atoms with van der Waals surface area (Å²) in [4.78, 5) is 5.43.